The molecule has 9 heteroatoms. The number of nitrogen functional groups attached to an aromatic ring is 1. The number of H-pyrrole nitrogens is 1. The van der Waals surface area contributed by atoms with Crippen LogP contribution < -0.4 is 16.6 Å². The first-order chi connectivity index (χ1) is 11.9. The Kier molecular flexibility index (Phi) is 6.18. The number of aromatic amines is 1. The molecule has 8 nitrogen and oxygen atoms in total. The average Bonchev–Trinajstić information content (AvgIpc) is 2.54. The van der Waals surface area contributed by atoms with Crippen LogP contribution >= 0.6 is 11.8 Å². The minimum atomic E-state index is -0.519. The summed E-state index contributed by atoms with van der Waals surface area (Å²) in [6, 6.07) is 7.54. The van der Waals surface area contributed by atoms with Crippen LogP contribution in [0.3, 0.4) is 0 Å². The molecular weight excluding hydrogens is 344 g/mol. The Balaban J connectivity index is 1.98. The summed E-state index contributed by atoms with van der Waals surface area (Å²) in [6.45, 7) is 3.70. The number of amides is 1. The summed E-state index contributed by atoms with van der Waals surface area (Å²) in [6.07, 6.45) is 0. The molecule has 25 heavy (non-hydrogen) atoms. The van der Waals surface area contributed by atoms with Crippen molar-refractivity contribution in [3.8, 4) is 0 Å². The molecule has 1 heterocycles. The quantitative estimate of drug-likeness (QED) is 0.405. The van der Waals surface area contributed by atoms with Crippen LogP contribution in [0.15, 0.2) is 40.3 Å². The summed E-state index contributed by atoms with van der Waals surface area (Å²) >= 11 is 1.08. The molecule has 4 N–H and O–H groups in total. The highest BCUT2D eigenvalue weighted by Crippen LogP contribution is 2.20. The van der Waals surface area contributed by atoms with Crippen molar-refractivity contribution in [3.63, 3.8) is 0 Å². The fourth-order valence-electron chi connectivity index (χ4n) is 1.88. The van der Waals surface area contributed by atoms with E-state index in [1.807, 2.05) is 0 Å². The molecule has 1 atom stereocenters. The lowest BCUT2D eigenvalue weighted by Gasteiger charge is -2.12. The summed E-state index contributed by atoms with van der Waals surface area (Å²) in [5.74, 6) is -0.603. The summed E-state index contributed by atoms with van der Waals surface area (Å²) < 4.78 is 4.90. The van der Waals surface area contributed by atoms with Crippen LogP contribution in [-0.4, -0.2) is 33.7 Å². The summed E-state index contributed by atoms with van der Waals surface area (Å²) in [7, 11) is 0. The Morgan fingerprint density at radius 3 is 2.64 bits per heavy atom. The van der Waals surface area contributed by atoms with E-state index in [1.165, 1.54) is 6.07 Å². The second-order valence-corrected chi connectivity index (χ2v) is 6.35. The third kappa shape index (κ3) is 5.35. The first kappa shape index (κ1) is 18.5. The van der Waals surface area contributed by atoms with Gasteiger partial charge in [-0.15, -0.1) is 0 Å². The molecule has 0 aliphatic rings. The zero-order valence-corrected chi connectivity index (χ0v) is 14.6. The number of benzene rings is 1. The Morgan fingerprint density at radius 2 is 2.04 bits per heavy atom. The van der Waals surface area contributed by atoms with Crippen molar-refractivity contribution in [1.29, 1.82) is 0 Å². The monoisotopic (exact) mass is 362 g/mol. The van der Waals surface area contributed by atoms with E-state index in [9.17, 15) is 14.4 Å². The lowest BCUT2D eigenvalue weighted by Crippen LogP contribution is -2.23. The lowest BCUT2D eigenvalue weighted by molar-refractivity contribution is -0.115. The molecule has 1 aromatic heterocycles. The van der Waals surface area contributed by atoms with E-state index in [-0.39, 0.29) is 22.4 Å². The van der Waals surface area contributed by atoms with Gasteiger partial charge in [0.1, 0.15) is 5.82 Å². The maximum absolute atomic E-state index is 12.2. The Hall–Kier alpha value is -2.81. The topological polar surface area (TPSA) is 127 Å². The molecule has 1 unspecified atom stereocenters. The highest BCUT2D eigenvalue weighted by molar-refractivity contribution is 8.00. The van der Waals surface area contributed by atoms with Crippen LogP contribution in [0.2, 0.25) is 0 Å². The van der Waals surface area contributed by atoms with Crippen molar-refractivity contribution in [3.05, 3.63) is 46.2 Å². The molecule has 0 saturated carbocycles. The molecule has 1 amide bonds. The van der Waals surface area contributed by atoms with Gasteiger partial charge in [0.2, 0.25) is 5.91 Å². The molecule has 0 aliphatic heterocycles. The van der Waals surface area contributed by atoms with Crippen LogP contribution in [0.25, 0.3) is 0 Å². The van der Waals surface area contributed by atoms with Gasteiger partial charge in [0.15, 0.2) is 5.16 Å². The lowest BCUT2D eigenvalue weighted by atomic mass is 10.2. The smallest absolute Gasteiger partial charge is 0.338 e. The average molecular weight is 362 g/mol. The second kappa shape index (κ2) is 8.34. The fourth-order valence-corrected chi connectivity index (χ4v) is 2.70. The van der Waals surface area contributed by atoms with E-state index >= 15 is 0 Å². The van der Waals surface area contributed by atoms with Crippen LogP contribution in [-0.2, 0) is 9.53 Å². The van der Waals surface area contributed by atoms with Crippen LogP contribution in [0.5, 0.6) is 0 Å². The van der Waals surface area contributed by atoms with Crippen molar-refractivity contribution in [2.75, 3.05) is 17.7 Å². The number of esters is 1. The third-order valence-electron chi connectivity index (χ3n) is 3.06. The number of anilines is 2. The number of hydrogen-bond donors (Lipinski definition) is 3. The number of carbonyl (C=O) groups excluding carboxylic acids is 2. The van der Waals surface area contributed by atoms with Gasteiger partial charge >= 0.3 is 5.97 Å². The highest BCUT2D eigenvalue weighted by atomic mass is 32.2. The van der Waals surface area contributed by atoms with Gasteiger partial charge in [0.25, 0.3) is 5.56 Å². The SMILES string of the molecule is CCOC(=O)c1ccc(NC(=O)C(C)Sc2nc(N)cc(=O)[nH]2)cc1. The van der Waals surface area contributed by atoms with E-state index < -0.39 is 11.2 Å². The molecule has 0 aliphatic carbocycles. The van der Waals surface area contributed by atoms with Crippen molar-refractivity contribution in [2.45, 2.75) is 24.3 Å². The molecule has 0 saturated heterocycles. The molecule has 0 spiro atoms. The predicted octanol–water partition coefficient (Wildman–Crippen LogP) is 1.65. The van der Waals surface area contributed by atoms with E-state index in [0.717, 1.165) is 11.8 Å². The van der Waals surface area contributed by atoms with Crippen molar-refractivity contribution in [1.82, 2.24) is 9.97 Å². The number of thioether (sulfide) groups is 1. The van der Waals surface area contributed by atoms with Gasteiger partial charge in [-0.3, -0.25) is 9.59 Å². The molecule has 2 rings (SSSR count). The van der Waals surface area contributed by atoms with E-state index in [1.54, 1.807) is 38.1 Å². The fraction of sp³-hybridized carbons (Fsp3) is 0.250. The summed E-state index contributed by atoms with van der Waals surface area (Å²) in [5.41, 5.74) is 6.08. The van der Waals surface area contributed by atoms with E-state index in [4.69, 9.17) is 10.5 Å². The maximum atomic E-state index is 12.2. The first-order valence-electron chi connectivity index (χ1n) is 7.50. The van der Waals surface area contributed by atoms with Gasteiger partial charge in [-0.25, -0.2) is 9.78 Å². The molecule has 0 fully saturated rings. The van der Waals surface area contributed by atoms with E-state index in [2.05, 4.69) is 15.3 Å². The molecule has 0 radical (unpaired) electrons. The number of nitrogens with two attached hydrogens (primary N) is 1. The van der Waals surface area contributed by atoms with Crippen molar-refractivity contribution in [2.24, 2.45) is 0 Å². The van der Waals surface area contributed by atoms with Gasteiger partial charge in [-0.05, 0) is 38.1 Å². The number of ether oxygens (including phenoxy) is 1. The van der Waals surface area contributed by atoms with Crippen LogP contribution in [0.1, 0.15) is 24.2 Å². The Bertz CT molecular complexity index is 820. The summed E-state index contributed by atoms with van der Waals surface area (Å²) in [5, 5.41) is 2.48. The van der Waals surface area contributed by atoms with Crippen LogP contribution in [0.4, 0.5) is 11.5 Å². The van der Waals surface area contributed by atoms with Gasteiger partial charge in [0, 0.05) is 11.8 Å². The zero-order valence-electron chi connectivity index (χ0n) is 13.7. The predicted molar refractivity (Wildman–Crippen MR) is 95.6 cm³/mol. The number of carbonyl (C=O) groups is 2. The molecular formula is C16H18N4O4S. The zero-order chi connectivity index (χ0) is 18.4. The highest BCUT2D eigenvalue weighted by Gasteiger charge is 2.16. The van der Waals surface area contributed by atoms with Crippen LogP contribution in [0, 0.1) is 0 Å². The molecule has 132 valence electrons. The van der Waals surface area contributed by atoms with Gasteiger partial charge in [0.05, 0.1) is 17.4 Å². The maximum Gasteiger partial charge on any atom is 0.338 e. The number of rotatable bonds is 6. The largest absolute Gasteiger partial charge is 0.462 e. The Morgan fingerprint density at radius 1 is 1.36 bits per heavy atom. The van der Waals surface area contributed by atoms with Crippen molar-refractivity contribution < 1.29 is 14.3 Å². The third-order valence-corrected chi connectivity index (χ3v) is 4.05. The Labute approximate surface area is 148 Å². The van der Waals surface area contributed by atoms with Gasteiger partial charge in [-0.2, -0.15) is 0 Å². The van der Waals surface area contributed by atoms with Gasteiger partial charge in [-0.1, -0.05) is 11.8 Å². The molecule has 1 aromatic carbocycles. The number of nitrogens with zero attached hydrogens (tertiary/aromatic N) is 1. The normalized spacial score (nSPS) is 11.6. The molecule has 2 aromatic rings. The minimum Gasteiger partial charge on any atom is -0.462 e. The van der Waals surface area contributed by atoms with Gasteiger partial charge < -0.3 is 20.8 Å². The minimum absolute atomic E-state index is 0.0911. The summed E-state index contributed by atoms with van der Waals surface area (Å²) in [4.78, 5) is 41.7. The van der Waals surface area contributed by atoms with E-state index in [0.29, 0.717) is 17.9 Å². The number of nitrogens with one attached hydrogen (secondary N) is 2. The second-order valence-electron chi connectivity index (χ2n) is 5.02. The standard InChI is InChI=1S/C16H18N4O4S/c1-3-24-15(23)10-4-6-11(7-5-10)18-14(22)9(2)25-16-19-12(17)8-13(21)20-16/h4-9H,3H2,1-2H3,(H,18,22)(H3,17,19,20,21). The molecule has 0 bridgehead atoms. The first-order valence-corrected chi connectivity index (χ1v) is 8.38. The number of hydrogen-bond acceptors (Lipinski definition) is 7. The van der Waals surface area contributed by atoms with Crippen molar-refractivity contribution >= 4 is 35.1 Å². The number of aromatic nitrogens is 2.